The first-order valence-electron chi connectivity index (χ1n) is 9.60. The molecule has 1 aliphatic carbocycles. The largest absolute Gasteiger partial charge is 0.503 e. The maximum Gasteiger partial charge on any atom is 0.290 e. The van der Waals surface area contributed by atoms with E-state index in [1.807, 2.05) is 54.7 Å². The Labute approximate surface area is 168 Å². The summed E-state index contributed by atoms with van der Waals surface area (Å²) in [6.07, 6.45) is 3.95. The highest BCUT2D eigenvalue weighted by Crippen LogP contribution is 2.43. The molecule has 0 spiro atoms. The Balaban J connectivity index is 1.79. The van der Waals surface area contributed by atoms with Crippen molar-refractivity contribution in [1.29, 1.82) is 0 Å². The van der Waals surface area contributed by atoms with Gasteiger partial charge < -0.3 is 14.9 Å². The predicted octanol–water partition coefficient (Wildman–Crippen LogP) is 4.34. The van der Waals surface area contributed by atoms with Gasteiger partial charge in [0.25, 0.3) is 5.91 Å². The molecule has 146 valence electrons. The Morgan fingerprint density at radius 3 is 2.39 bits per heavy atom. The lowest BCUT2D eigenvalue weighted by Crippen LogP contribution is -2.38. The number of rotatable bonds is 5. The second-order valence-electron chi connectivity index (χ2n) is 7.61. The van der Waals surface area contributed by atoms with E-state index in [1.54, 1.807) is 11.0 Å². The number of amides is 1. The summed E-state index contributed by atoms with van der Waals surface area (Å²) in [5.74, 6) is -1.08. The van der Waals surface area contributed by atoms with Crippen LogP contribution in [0.15, 0.2) is 53.1 Å². The third-order valence-electron chi connectivity index (χ3n) is 5.68. The van der Waals surface area contributed by atoms with Crippen LogP contribution in [0.1, 0.15) is 47.0 Å². The van der Waals surface area contributed by atoms with Crippen LogP contribution in [0.3, 0.4) is 0 Å². The number of carbonyl (C=O) groups is 2. The van der Waals surface area contributed by atoms with Crippen molar-refractivity contribution in [2.75, 3.05) is 19.0 Å². The van der Waals surface area contributed by atoms with Gasteiger partial charge in [0.05, 0.1) is 16.5 Å². The summed E-state index contributed by atoms with van der Waals surface area (Å²) in [4.78, 5) is 30.5. The van der Waals surface area contributed by atoms with Crippen molar-refractivity contribution in [2.24, 2.45) is 0 Å². The van der Waals surface area contributed by atoms with Gasteiger partial charge in [-0.25, -0.2) is 0 Å². The third kappa shape index (κ3) is 3.11. The van der Waals surface area contributed by atoms with Crippen molar-refractivity contribution in [3.05, 3.63) is 63.6 Å². The van der Waals surface area contributed by atoms with Crippen LogP contribution in [0, 0.1) is 0 Å². The van der Waals surface area contributed by atoms with Crippen LogP contribution in [0.25, 0.3) is 0 Å². The van der Waals surface area contributed by atoms with Crippen molar-refractivity contribution >= 4 is 28.7 Å². The summed E-state index contributed by atoms with van der Waals surface area (Å²) in [6.45, 7) is 0. The Bertz CT molecular complexity index is 910. The molecule has 1 N–H and O–H groups in total. The smallest absolute Gasteiger partial charge is 0.290 e. The molecule has 1 atom stereocenters. The fourth-order valence-corrected chi connectivity index (χ4v) is 4.91. The Hall–Kier alpha value is -2.60. The molecule has 0 radical (unpaired) electrons. The average molecular weight is 397 g/mol. The Morgan fingerprint density at radius 2 is 1.82 bits per heavy atom. The number of thiophene rings is 1. The summed E-state index contributed by atoms with van der Waals surface area (Å²) < 4.78 is 0. The minimum absolute atomic E-state index is 0.0572. The molecule has 1 unspecified atom stereocenters. The zero-order valence-electron chi connectivity index (χ0n) is 16.1. The number of carbonyl (C=O) groups excluding carboxylic acids is 2. The molecular weight excluding hydrogens is 372 g/mol. The van der Waals surface area contributed by atoms with Gasteiger partial charge in [0.1, 0.15) is 0 Å². The van der Waals surface area contributed by atoms with Crippen LogP contribution < -0.4 is 4.90 Å². The van der Waals surface area contributed by atoms with Gasteiger partial charge >= 0.3 is 0 Å². The lowest BCUT2D eigenvalue weighted by molar-refractivity contribution is -0.131. The second kappa shape index (κ2) is 7.43. The van der Waals surface area contributed by atoms with Gasteiger partial charge in [-0.05, 0) is 42.0 Å². The summed E-state index contributed by atoms with van der Waals surface area (Å²) in [7, 11) is 3.94. The number of aliphatic hydroxyl groups excluding tert-OH is 1. The van der Waals surface area contributed by atoms with E-state index in [1.165, 1.54) is 11.3 Å². The SMILES string of the molecule is CN(C)c1ccc(C2C(C(=O)c3cccs3)=C(O)C(=O)N2C2CCCC2)cc1. The number of nitrogens with zero attached hydrogens (tertiary/aromatic N) is 2. The molecule has 1 saturated carbocycles. The van der Waals surface area contributed by atoms with Crippen molar-refractivity contribution in [1.82, 2.24) is 4.90 Å². The Kier molecular flexibility index (Phi) is 4.98. The third-order valence-corrected chi connectivity index (χ3v) is 6.55. The van der Waals surface area contributed by atoms with Gasteiger partial charge in [-0.3, -0.25) is 9.59 Å². The first-order valence-corrected chi connectivity index (χ1v) is 10.5. The molecule has 1 aromatic heterocycles. The molecule has 0 saturated heterocycles. The molecule has 5 nitrogen and oxygen atoms in total. The summed E-state index contributed by atoms with van der Waals surface area (Å²) in [5.41, 5.74) is 2.10. The van der Waals surface area contributed by atoms with Crippen molar-refractivity contribution in [3.63, 3.8) is 0 Å². The molecule has 1 amide bonds. The van der Waals surface area contributed by atoms with Gasteiger partial charge in [-0.15, -0.1) is 11.3 Å². The van der Waals surface area contributed by atoms with E-state index < -0.39 is 17.7 Å². The number of ketones is 1. The number of anilines is 1. The van der Waals surface area contributed by atoms with E-state index in [0.29, 0.717) is 4.88 Å². The lowest BCUT2D eigenvalue weighted by Gasteiger charge is -2.32. The van der Waals surface area contributed by atoms with E-state index in [2.05, 4.69) is 0 Å². The van der Waals surface area contributed by atoms with E-state index in [0.717, 1.165) is 36.9 Å². The van der Waals surface area contributed by atoms with Gasteiger partial charge in [0, 0.05) is 25.8 Å². The molecule has 4 rings (SSSR count). The quantitative estimate of drug-likeness (QED) is 0.764. The van der Waals surface area contributed by atoms with E-state index in [-0.39, 0.29) is 17.4 Å². The van der Waals surface area contributed by atoms with Gasteiger partial charge in [-0.1, -0.05) is 31.0 Å². The van der Waals surface area contributed by atoms with Crippen molar-refractivity contribution in [2.45, 2.75) is 37.8 Å². The van der Waals surface area contributed by atoms with Crippen LogP contribution in [0.5, 0.6) is 0 Å². The van der Waals surface area contributed by atoms with E-state index in [9.17, 15) is 14.7 Å². The molecular formula is C22H24N2O3S. The highest BCUT2D eigenvalue weighted by Gasteiger charge is 2.47. The Morgan fingerprint density at radius 1 is 1.14 bits per heavy atom. The molecule has 2 aromatic rings. The van der Waals surface area contributed by atoms with Crippen molar-refractivity contribution in [3.8, 4) is 0 Å². The number of hydrogen-bond acceptors (Lipinski definition) is 5. The van der Waals surface area contributed by atoms with Crippen molar-refractivity contribution < 1.29 is 14.7 Å². The normalized spacial score (nSPS) is 20.3. The molecule has 6 heteroatoms. The monoisotopic (exact) mass is 396 g/mol. The number of aliphatic hydroxyl groups is 1. The highest BCUT2D eigenvalue weighted by molar-refractivity contribution is 7.12. The summed E-state index contributed by atoms with van der Waals surface area (Å²) >= 11 is 1.33. The average Bonchev–Trinajstić information content (AvgIpc) is 3.43. The minimum Gasteiger partial charge on any atom is -0.503 e. The number of benzene rings is 1. The zero-order valence-corrected chi connectivity index (χ0v) is 16.9. The van der Waals surface area contributed by atoms with Crippen LogP contribution in [-0.2, 0) is 4.79 Å². The molecule has 1 fully saturated rings. The molecule has 0 bridgehead atoms. The number of hydrogen-bond donors (Lipinski definition) is 1. The molecule has 1 aromatic carbocycles. The summed E-state index contributed by atoms with van der Waals surface area (Å²) in [5, 5.41) is 12.5. The van der Waals surface area contributed by atoms with Crippen LogP contribution in [0.4, 0.5) is 5.69 Å². The zero-order chi connectivity index (χ0) is 19.8. The van der Waals surface area contributed by atoms with Gasteiger partial charge in [0.15, 0.2) is 5.76 Å². The fraction of sp³-hybridized carbons (Fsp3) is 0.364. The van der Waals surface area contributed by atoms with Gasteiger partial charge in [0.2, 0.25) is 5.78 Å². The van der Waals surface area contributed by atoms with Crippen LogP contribution in [0.2, 0.25) is 0 Å². The molecule has 28 heavy (non-hydrogen) atoms. The van der Waals surface area contributed by atoms with Crippen LogP contribution >= 0.6 is 11.3 Å². The second-order valence-corrected chi connectivity index (χ2v) is 8.56. The van der Waals surface area contributed by atoms with Gasteiger partial charge in [-0.2, -0.15) is 0 Å². The van der Waals surface area contributed by atoms with Crippen LogP contribution in [-0.4, -0.2) is 41.8 Å². The number of Topliss-reactive ketones (excluding diaryl/α,β-unsaturated/α-hetero) is 1. The van der Waals surface area contributed by atoms with E-state index in [4.69, 9.17) is 0 Å². The first-order chi connectivity index (χ1) is 13.5. The molecule has 2 heterocycles. The fourth-order valence-electron chi connectivity index (χ4n) is 4.24. The maximum atomic E-state index is 13.2. The predicted molar refractivity (Wildman–Crippen MR) is 111 cm³/mol. The summed E-state index contributed by atoms with van der Waals surface area (Å²) in [6, 6.07) is 10.9. The maximum absolute atomic E-state index is 13.2. The minimum atomic E-state index is -0.540. The highest BCUT2D eigenvalue weighted by atomic mass is 32.1. The van der Waals surface area contributed by atoms with E-state index >= 15 is 0 Å². The first kappa shape index (κ1) is 18.7. The standard InChI is InChI=1S/C22H24N2O3S/c1-23(2)15-11-9-14(10-12-15)19-18(20(25)17-8-5-13-28-17)21(26)22(27)24(19)16-6-3-4-7-16/h5,8-13,16,19,26H,3-4,6-7H2,1-2H3. The lowest BCUT2D eigenvalue weighted by atomic mass is 9.94. The molecule has 2 aliphatic rings. The molecule has 1 aliphatic heterocycles. The topological polar surface area (TPSA) is 60.9 Å².